The molecule has 29 heavy (non-hydrogen) atoms. The number of ether oxygens (including phenoxy) is 1. The number of alkyl halides is 3. The van der Waals surface area contributed by atoms with Crippen LogP contribution in [0.2, 0.25) is 0 Å². The molecule has 1 aliphatic rings. The molecule has 1 saturated heterocycles. The Bertz CT molecular complexity index is 768. The van der Waals surface area contributed by atoms with Crippen molar-refractivity contribution >= 4 is 17.3 Å². The lowest BCUT2D eigenvalue weighted by Crippen LogP contribution is -2.44. The van der Waals surface area contributed by atoms with Gasteiger partial charge >= 0.3 is 12.1 Å². The molecule has 0 amide bonds. The lowest BCUT2D eigenvalue weighted by atomic mass is 9.88. The number of thiazole rings is 1. The second-order valence-corrected chi connectivity index (χ2v) is 7.85. The van der Waals surface area contributed by atoms with Gasteiger partial charge in [0.15, 0.2) is 0 Å². The zero-order chi connectivity index (χ0) is 21.4. The van der Waals surface area contributed by atoms with Gasteiger partial charge in [0, 0.05) is 37.5 Å². The zero-order valence-electron chi connectivity index (χ0n) is 16.4. The summed E-state index contributed by atoms with van der Waals surface area (Å²) in [6, 6.07) is 10.8. The minimum absolute atomic E-state index is 0.374. The Morgan fingerprint density at radius 1 is 1.34 bits per heavy atom. The van der Waals surface area contributed by atoms with Crippen molar-refractivity contribution in [3.05, 3.63) is 52.0 Å². The van der Waals surface area contributed by atoms with Crippen LogP contribution < -0.4 is 0 Å². The van der Waals surface area contributed by atoms with Crippen LogP contribution in [0.4, 0.5) is 13.2 Å². The number of benzene rings is 1. The summed E-state index contributed by atoms with van der Waals surface area (Å²) in [5.41, 5.74) is 4.54. The number of aliphatic carboxylic acids is 1. The Kier molecular flexibility index (Phi) is 8.60. The lowest BCUT2D eigenvalue weighted by Gasteiger charge is -2.38. The molecule has 1 N–H and O–H groups in total. The molecule has 1 aromatic heterocycles. The highest BCUT2D eigenvalue weighted by atomic mass is 32.1. The first-order valence-electron chi connectivity index (χ1n) is 9.18. The van der Waals surface area contributed by atoms with Crippen LogP contribution in [0.1, 0.15) is 22.6 Å². The molecule has 0 radical (unpaired) electrons. The summed E-state index contributed by atoms with van der Waals surface area (Å²) in [4.78, 5) is 17.2. The molecule has 1 fully saturated rings. The van der Waals surface area contributed by atoms with Crippen molar-refractivity contribution in [2.45, 2.75) is 38.6 Å². The van der Waals surface area contributed by atoms with Crippen molar-refractivity contribution in [1.29, 1.82) is 0 Å². The van der Waals surface area contributed by atoms with Gasteiger partial charge in [-0.3, -0.25) is 4.90 Å². The molecule has 0 spiro atoms. The fourth-order valence-corrected chi connectivity index (χ4v) is 4.15. The maximum absolute atomic E-state index is 10.6. The highest BCUT2D eigenvalue weighted by molar-refractivity contribution is 7.09. The number of carboxylic acids is 1. The van der Waals surface area contributed by atoms with Crippen LogP contribution in [0.3, 0.4) is 0 Å². The smallest absolute Gasteiger partial charge is 0.475 e. The maximum atomic E-state index is 10.6. The van der Waals surface area contributed by atoms with Crippen LogP contribution in [0.25, 0.3) is 0 Å². The van der Waals surface area contributed by atoms with E-state index in [9.17, 15) is 13.2 Å². The summed E-state index contributed by atoms with van der Waals surface area (Å²) >= 11 is 1.77. The van der Waals surface area contributed by atoms with Crippen LogP contribution in [-0.4, -0.2) is 53.4 Å². The molecule has 2 heterocycles. The van der Waals surface area contributed by atoms with Crippen molar-refractivity contribution in [2.75, 3.05) is 20.2 Å². The van der Waals surface area contributed by atoms with Gasteiger partial charge in [-0.1, -0.05) is 30.3 Å². The van der Waals surface area contributed by atoms with Gasteiger partial charge in [-0.15, -0.1) is 11.3 Å². The average molecular weight is 430 g/mol. The first-order chi connectivity index (χ1) is 13.7. The van der Waals surface area contributed by atoms with E-state index in [-0.39, 0.29) is 0 Å². The van der Waals surface area contributed by atoms with E-state index in [1.165, 1.54) is 16.1 Å². The summed E-state index contributed by atoms with van der Waals surface area (Å²) < 4.78 is 37.5. The minimum Gasteiger partial charge on any atom is -0.475 e. The van der Waals surface area contributed by atoms with Gasteiger partial charge in [-0.05, 0) is 25.3 Å². The predicted molar refractivity (Wildman–Crippen MR) is 105 cm³/mol. The van der Waals surface area contributed by atoms with Crippen molar-refractivity contribution in [2.24, 2.45) is 5.92 Å². The number of aromatic nitrogens is 1. The highest BCUT2D eigenvalue weighted by Gasteiger charge is 2.38. The Morgan fingerprint density at radius 2 is 2.00 bits per heavy atom. The van der Waals surface area contributed by atoms with Crippen LogP contribution in [0.15, 0.2) is 35.8 Å². The number of hydrogen-bond acceptors (Lipinski definition) is 5. The van der Waals surface area contributed by atoms with Crippen molar-refractivity contribution in [3.63, 3.8) is 0 Å². The third-order valence-corrected chi connectivity index (χ3v) is 5.77. The Morgan fingerprint density at radius 3 is 2.52 bits per heavy atom. The molecule has 1 aromatic carbocycles. The van der Waals surface area contributed by atoms with Crippen LogP contribution in [0, 0.1) is 12.8 Å². The van der Waals surface area contributed by atoms with Gasteiger partial charge in [0.05, 0.1) is 17.3 Å². The maximum Gasteiger partial charge on any atom is 0.490 e. The minimum atomic E-state index is -5.08. The van der Waals surface area contributed by atoms with E-state index in [0.29, 0.717) is 12.0 Å². The van der Waals surface area contributed by atoms with E-state index >= 15 is 0 Å². The summed E-state index contributed by atoms with van der Waals surface area (Å²) in [5, 5.41) is 7.12. The third kappa shape index (κ3) is 7.41. The van der Waals surface area contributed by atoms with Gasteiger partial charge in [0.2, 0.25) is 0 Å². The number of aryl methyl sites for hydroxylation is 1. The monoisotopic (exact) mass is 430 g/mol. The Balaban J connectivity index is 0.000000370. The van der Waals surface area contributed by atoms with Gasteiger partial charge in [0.1, 0.15) is 0 Å². The molecule has 1 aliphatic heterocycles. The van der Waals surface area contributed by atoms with Crippen LogP contribution in [0.5, 0.6) is 0 Å². The topological polar surface area (TPSA) is 62.7 Å². The molecule has 160 valence electrons. The Labute approximate surface area is 172 Å². The molecule has 3 rings (SSSR count). The van der Waals surface area contributed by atoms with E-state index in [0.717, 1.165) is 32.5 Å². The molecular weight excluding hydrogens is 405 g/mol. The summed E-state index contributed by atoms with van der Waals surface area (Å²) in [5.74, 6) is -2.19. The second-order valence-electron chi connectivity index (χ2n) is 6.91. The van der Waals surface area contributed by atoms with E-state index in [1.54, 1.807) is 11.3 Å². The number of nitrogens with zero attached hydrogens (tertiary/aromatic N) is 2. The van der Waals surface area contributed by atoms with E-state index in [2.05, 4.69) is 47.1 Å². The van der Waals surface area contributed by atoms with Gasteiger partial charge in [-0.25, -0.2) is 9.78 Å². The van der Waals surface area contributed by atoms with Crippen molar-refractivity contribution in [1.82, 2.24) is 9.88 Å². The summed E-state index contributed by atoms with van der Waals surface area (Å²) in [7, 11) is 1.85. The highest BCUT2D eigenvalue weighted by Crippen LogP contribution is 2.26. The standard InChI is InChI=1S/C18H24N2OS.C2HF3O2/c1-14-18(22-13-19-14)12-20-9-8-17(21-2)16(11-20)10-15-6-4-3-5-7-15;3-2(4,5)1(6)7/h3-7,13,16-17H,8-12H2,1-2H3;(H,6,7)/t16-,17-;/m0./s1. The number of carboxylic acid groups (broad SMARTS) is 1. The first-order valence-corrected chi connectivity index (χ1v) is 10.1. The lowest BCUT2D eigenvalue weighted by molar-refractivity contribution is -0.192. The number of methoxy groups -OCH3 is 1. The molecule has 0 saturated carbocycles. The predicted octanol–water partition coefficient (Wildman–Crippen LogP) is 4.16. The van der Waals surface area contributed by atoms with Crippen molar-refractivity contribution in [3.8, 4) is 0 Å². The fraction of sp³-hybridized carbons (Fsp3) is 0.500. The van der Waals surface area contributed by atoms with Gasteiger partial charge in [-0.2, -0.15) is 13.2 Å². The van der Waals surface area contributed by atoms with E-state index < -0.39 is 12.1 Å². The third-order valence-electron chi connectivity index (χ3n) is 4.85. The fourth-order valence-electron chi connectivity index (χ4n) is 3.33. The number of halogens is 3. The van der Waals surface area contributed by atoms with Gasteiger partial charge < -0.3 is 9.84 Å². The van der Waals surface area contributed by atoms with E-state index in [1.807, 2.05) is 12.6 Å². The molecule has 2 atom stereocenters. The van der Waals surface area contributed by atoms with Gasteiger partial charge in [0.25, 0.3) is 0 Å². The SMILES string of the molecule is CO[C@H]1CCN(Cc2scnc2C)C[C@@H]1Cc1ccccc1.O=C(O)C(F)(F)F. The Hall–Kier alpha value is -1.97. The quantitative estimate of drug-likeness (QED) is 0.772. The molecule has 0 aliphatic carbocycles. The number of piperidine rings is 1. The molecule has 2 aromatic rings. The normalized spacial score (nSPS) is 20.0. The molecule has 5 nitrogen and oxygen atoms in total. The van der Waals surface area contributed by atoms with Crippen LogP contribution in [-0.2, 0) is 22.5 Å². The first kappa shape index (κ1) is 23.3. The number of carbonyl (C=O) groups is 1. The molecule has 0 bridgehead atoms. The average Bonchev–Trinajstić information content (AvgIpc) is 3.07. The largest absolute Gasteiger partial charge is 0.490 e. The number of rotatable bonds is 5. The number of likely N-dealkylation sites (tertiary alicyclic amines) is 1. The molecule has 9 heteroatoms. The van der Waals surface area contributed by atoms with E-state index in [4.69, 9.17) is 14.6 Å². The second kappa shape index (κ2) is 10.7. The molecule has 0 unspecified atom stereocenters. The molecular formula is C20H25F3N2O3S. The summed E-state index contributed by atoms with van der Waals surface area (Å²) in [6.45, 7) is 5.35. The van der Waals surface area contributed by atoms with Crippen LogP contribution >= 0.6 is 11.3 Å². The summed E-state index contributed by atoms with van der Waals surface area (Å²) in [6.07, 6.45) is -2.50. The van der Waals surface area contributed by atoms with Crippen molar-refractivity contribution < 1.29 is 27.8 Å². The number of hydrogen-bond donors (Lipinski definition) is 1. The zero-order valence-corrected chi connectivity index (χ0v) is 17.2.